The molecule has 110 valence electrons. The van der Waals surface area contributed by atoms with Crippen molar-refractivity contribution < 1.29 is 13.2 Å². The van der Waals surface area contributed by atoms with Crippen LogP contribution in [0.2, 0.25) is 0 Å². The van der Waals surface area contributed by atoms with E-state index in [0.717, 1.165) is 0 Å². The van der Waals surface area contributed by atoms with Crippen LogP contribution in [0.15, 0.2) is 41.4 Å². The molecule has 0 aliphatic rings. The Kier molecular flexibility index (Phi) is 4.32. The number of anilines is 1. The normalized spacial score (nSPS) is 11.1. The van der Waals surface area contributed by atoms with Crippen LogP contribution in [0.3, 0.4) is 0 Å². The van der Waals surface area contributed by atoms with Crippen LogP contribution < -0.4 is 5.32 Å². The van der Waals surface area contributed by atoms with Gasteiger partial charge in [0.1, 0.15) is 11.6 Å². The van der Waals surface area contributed by atoms with Crippen LogP contribution in [-0.2, 0) is 9.84 Å². The first-order valence-electron chi connectivity index (χ1n) is 6.36. The van der Waals surface area contributed by atoms with E-state index in [9.17, 15) is 13.2 Å². The van der Waals surface area contributed by atoms with Gasteiger partial charge in [-0.1, -0.05) is 6.92 Å². The van der Waals surface area contributed by atoms with Crippen molar-refractivity contribution >= 4 is 21.6 Å². The summed E-state index contributed by atoms with van der Waals surface area (Å²) in [5.41, 5.74) is 0.362. The van der Waals surface area contributed by atoms with Crippen LogP contribution in [0.4, 0.5) is 5.82 Å². The lowest BCUT2D eigenvalue weighted by Gasteiger charge is -2.06. The zero-order valence-electron chi connectivity index (χ0n) is 11.7. The zero-order valence-corrected chi connectivity index (χ0v) is 12.5. The summed E-state index contributed by atoms with van der Waals surface area (Å²) in [7, 11) is -3.26. The summed E-state index contributed by atoms with van der Waals surface area (Å²) in [4.78, 5) is 20.3. The van der Waals surface area contributed by atoms with Gasteiger partial charge in [-0.3, -0.25) is 4.79 Å². The molecule has 0 spiro atoms. The molecule has 0 aliphatic heterocycles. The maximum absolute atomic E-state index is 12.0. The Balaban J connectivity index is 2.17. The monoisotopic (exact) mass is 305 g/mol. The fourth-order valence-electron chi connectivity index (χ4n) is 1.69. The van der Waals surface area contributed by atoms with Crippen molar-refractivity contribution in [3.8, 4) is 0 Å². The van der Waals surface area contributed by atoms with E-state index in [1.807, 2.05) is 0 Å². The number of carbonyl (C=O) groups excluding carboxylic acids is 1. The molecule has 0 saturated heterocycles. The number of nitrogens with zero attached hydrogens (tertiary/aromatic N) is 2. The largest absolute Gasteiger partial charge is 0.306 e. The van der Waals surface area contributed by atoms with Crippen molar-refractivity contribution in [2.75, 3.05) is 11.1 Å². The molecule has 1 aromatic carbocycles. The summed E-state index contributed by atoms with van der Waals surface area (Å²) in [6, 6.07) is 7.40. The molecule has 7 heteroatoms. The lowest BCUT2D eigenvalue weighted by molar-refractivity contribution is 0.102. The minimum absolute atomic E-state index is 0.0265. The number of nitrogens with one attached hydrogen (secondary N) is 1. The van der Waals surface area contributed by atoms with Gasteiger partial charge in [-0.15, -0.1) is 0 Å². The molecule has 1 N–H and O–H groups in total. The second kappa shape index (κ2) is 6.01. The highest BCUT2D eigenvalue weighted by atomic mass is 32.2. The highest BCUT2D eigenvalue weighted by molar-refractivity contribution is 7.91. The Morgan fingerprint density at radius 2 is 1.86 bits per heavy atom. The fourth-order valence-corrected chi connectivity index (χ4v) is 2.58. The number of sulfone groups is 1. The average Bonchev–Trinajstić information content (AvgIpc) is 2.47. The summed E-state index contributed by atoms with van der Waals surface area (Å²) in [5, 5.41) is 2.63. The second-order valence-electron chi connectivity index (χ2n) is 4.37. The van der Waals surface area contributed by atoms with Gasteiger partial charge in [-0.2, -0.15) is 0 Å². The third kappa shape index (κ3) is 3.63. The van der Waals surface area contributed by atoms with Crippen LogP contribution in [-0.4, -0.2) is 30.0 Å². The van der Waals surface area contributed by atoms with Crippen molar-refractivity contribution in [2.24, 2.45) is 0 Å². The lowest BCUT2D eigenvalue weighted by Crippen LogP contribution is -2.13. The smallest absolute Gasteiger partial charge is 0.256 e. The van der Waals surface area contributed by atoms with Crippen LogP contribution in [0.5, 0.6) is 0 Å². The SMILES string of the molecule is CCS(=O)(=O)c1ccc(C(=O)Nc2ccnc(C)n2)cc1. The Bertz CT molecular complexity index is 755. The Hall–Kier alpha value is -2.28. The molecule has 0 saturated carbocycles. The van der Waals surface area contributed by atoms with Gasteiger partial charge in [-0.05, 0) is 37.3 Å². The van der Waals surface area contributed by atoms with Crippen LogP contribution >= 0.6 is 0 Å². The molecule has 0 radical (unpaired) electrons. The van der Waals surface area contributed by atoms with Gasteiger partial charge >= 0.3 is 0 Å². The molecule has 0 fully saturated rings. The van der Waals surface area contributed by atoms with Gasteiger partial charge in [0.05, 0.1) is 10.6 Å². The molecule has 0 bridgehead atoms. The molecule has 6 nitrogen and oxygen atoms in total. The molecule has 1 amide bonds. The lowest BCUT2D eigenvalue weighted by atomic mass is 10.2. The summed E-state index contributed by atoms with van der Waals surface area (Å²) >= 11 is 0. The maximum atomic E-state index is 12.0. The van der Waals surface area contributed by atoms with Gasteiger partial charge in [0.25, 0.3) is 5.91 Å². The molecule has 0 atom stereocenters. The van der Waals surface area contributed by atoms with Crippen molar-refractivity contribution in [1.82, 2.24) is 9.97 Å². The quantitative estimate of drug-likeness (QED) is 0.931. The number of benzene rings is 1. The maximum Gasteiger partial charge on any atom is 0.256 e. The minimum Gasteiger partial charge on any atom is -0.306 e. The van der Waals surface area contributed by atoms with E-state index in [2.05, 4.69) is 15.3 Å². The van der Waals surface area contributed by atoms with Crippen LogP contribution in [0.1, 0.15) is 23.1 Å². The number of aromatic nitrogens is 2. The predicted octanol–water partition coefficient (Wildman–Crippen LogP) is 1.83. The molecule has 2 aromatic rings. The summed E-state index contributed by atoms with van der Waals surface area (Å²) in [6.07, 6.45) is 1.55. The first kappa shape index (κ1) is 15.1. The van der Waals surface area contributed by atoms with E-state index in [0.29, 0.717) is 17.2 Å². The number of rotatable bonds is 4. The molecular formula is C14H15N3O3S. The summed E-state index contributed by atoms with van der Waals surface area (Å²) < 4.78 is 23.4. The topological polar surface area (TPSA) is 89.0 Å². The van der Waals surface area contributed by atoms with Crippen molar-refractivity contribution in [3.05, 3.63) is 47.9 Å². The highest BCUT2D eigenvalue weighted by Gasteiger charge is 2.13. The molecule has 0 unspecified atom stereocenters. The zero-order chi connectivity index (χ0) is 15.5. The molecule has 2 rings (SSSR count). The third-order valence-electron chi connectivity index (χ3n) is 2.87. The number of aryl methyl sites for hydroxylation is 1. The van der Waals surface area contributed by atoms with Gasteiger partial charge in [0.15, 0.2) is 9.84 Å². The van der Waals surface area contributed by atoms with Crippen LogP contribution in [0.25, 0.3) is 0 Å². The Labute approximate surface area is 123 Å². The predicted molar refractivity (Wildman–Crippen MR) is 78.9 cm³/mol. The van der Waals surface area contributed by atoms with E-state index in [1.165, 1.54) is 24.3 Å². The van der Waals surface area contributed by atoms with Gasteiger partial charge in [0.2, 0.25) is 0 Å². The number of hydrogen-bond donors (Lipinski definition) is 1. The second-order valence-corrected chi connectivity index (χ2v) is 6.65. The minimum atomic E-state index is -3.26. The molecular weight excluding hydrogens is 290 g/mol. The van der Waals surface area contributed by atoms with Gasteiger partial charge in [0, 0.05) is 11.8 Å². The first-order chi connectivity index (χ1) is 9.92. The summed E-state index contributed by atoms with van der Waals surface area (Å²) in [6.45, 7) is 3.30. The Morgan fingerprint density at radius 1 is 1.19 bits per heavy atom. The summed E-state index contributed by atoms with van der Waals surface area (Å²) in [5.74, 6) is 0.627. The van der Waals surface area contributed by atoms with Crippen molar-refractivity contribution in [1.29, 1.82) is 0 Å². The molecule has 1 aromatic heterocycles. The van der Waals surface area contributed by atoms with E-state index in [4.69, 9.17) is 0 Å². The number of amides is 1. The fraction of sp³-hybridized carbons (Fsp3) is 0.214. The average molecular weight is 305 g/mol. The molecule has 0 aliphatic carbocycles. The number of hydrogen-bond acceptors (Lipinski definition) is 5. The third-order valence-corrected chi connectivity index (χ3v) is 4.62. The van der Waals surface area contributed by atoms with Crippen LogP contribution in [0, 0.1) is 6.92 Å². The van der Waals surface area contributed by atoms with E-state index < -0.39 is 9.84 Å². The standard InChI is InChI=1S/C14H15N3O3S/c1-3-21(19,20)12-6-4-11(5-7-12)14(18)17-13-8-9-15-10(2)16-13/h4-9H,3H2,1-2H3,(H,15,16,17,18). The molecule has 1 heterocycles. The first-order valence-corrected chi connectivity index (χ1v) is 8.01. The van der Waals surface area contributed by atoms with Gasteiger partial charge in [-0.25, -0.2) is 18.4 Å². The van der Waals surface area contributed by atoms with E-state index in [1.54, 1.807) is 26.1 Å². The van der Waals surface area contributed by atoms with E-state index in [-0.39, 0.29) is 16.6 Å². The van der Waals surface area contributed by atoms with Crippen molar-refractivity contribution in [3.63, 3.8) is 0 Å². The molecule has 21 heavy (non-hydrogen) atoms. The van der Waals surface area contributed by atoms with Gasteiger partial charge < -0.3 is 5.32 Å². The highest BCUT2D eigenvalue weighted by Crippen LogP contribution is 2.13. The van der Waals surface area contributed by atoms with E-state index >= 15 is 0 Å². The number of carbonyl (C=O) groups is 1. The van der Waals surface area contributed by atoms with Crippen molar-refractivity contribution in [2.45, 2.75) is 18.7 Å². The Morgan fingerprint density at radius 3 is 2.43 bits per heavy atom.